The molecule has 1 aliphatic heterocycles. The fourth-order valence-corrected chi connectivity index (χ4v) is 4.02. The monoisotopic (exact) mass is 420 g/mol. The minimum Gasteiger partial charge on any atom is -0.338 e. The van der Waals surface area contributed by atoms with Crippen molar-refractivity contribution in [2.45, 2.75) is 24.4 Å². The highest BCUT2D eigenvalue weighted by Crippen LogP contribution is 2.49. The number of nitrogens with zero attached hydrogens (tertiary/aromatic N) is 2. The predicted molar refractivity (Wildman–Crippen MR) is 101 cm³/mol. The van der Waals surface area contributed by atoms with E-state index in [4.69, 9.17) is 0 Å². The van der Waals surface area contributed by atoms with Gasteiger partial charge in [-0.05, 0) is 42.7 Å². The van der Waals surface area contributed by atoms with Crippen LogP contribution in [0.15, 0.2) is 48.5 Å². The fraction of sp³-hybridized carbons (Fsp3) is 0.364. The lowest BCUT2D eigenvalue weighted by atomic mass is 9.94. The van der Waals surface area contributed by atoms with E-state index in [9.17, 15) is 27.2 Å². The number of piperazine rings is 1. The second-order valence-corrected chi connectivity index (χ2v) is 7.72. The van der Waals surface area contributed by atoms with Gasteiger partial charge in [0.05, 0.1) is 16.5 Å². The Bertz CT molecular complexity index is 960. The second kappa shape index (κ2) is 7.41. The van der Waals surface area contributed by atoms with E-state index in [0.29, 0.717) is 12.8 Å². The van der Waals surface area contributed by atoms with Crippen LogP contribution in [-0.4, -0.2) is 47.8 Å². The molecule has 1 heterocycles. The normalized spacial score (nSPS) is 18.3. The van der Waals surface area contributed by atoms with Gasteiger partial charge in [0.25, 0.3) is 5.91 Å². The zero-order valence-corrected chi connectivity index (χ0v) is 16.1. The number of carbonyl (C=O) groups excluding carboxylic acids is 2. The first-order chi connectivity index (χ1) is 14.2. The summed E-state index contributed by atoms with van der Waals surface area (Å²) < 4.78 is 52.9. The van der Waals surface area contributed by atoms with Gasteiger partial charge < -0.3 is 9.80 Å². The van der Waals surface area contributed by atoms with E-state index >= 15 is 0 Å². The Morgan fingerprint density at radius 1 is 0.833 bits per heavy atom. The van der Waals surface area contributed by atoms with Crippen molar-refractivity contribution in [3.63, 3.8) is 0 Å². The molecule has 0 spiro atoms. The highest BCUT2D eigenvalue weighted by Gasteiger charge is 2.53. The van der Waals surface area contributed by atoms with Crippen LogP contribution < -0.4 is 0 Å². The zero-order valence-electron chi connectivity index (χ0n) is 16.1. The molecular weight excluding hydrogens is 400 g/mol. The lowest BCUT2D eigenvalue weighted by Gasteiger charge is -2.37. The van der Waals surface area contributed by atoms with Crippen molar-refractivity contribution in [3.05, 3.63) is 71.0 Å². The Balaban J connectivity index is 1.44. The van der Waals surface area contributed by atoms with Crippen molar-refractivity contribution >= 4 is 11.8 Å². The summed E-state index contributed by atoms with van der Waals surface area (Å²) in [6.07, 6.45) is -3.26. The average molecular weight is 420 g/mol. The molecule has 4 nitrogen and oxygen atoms in total. The lowest BCUT2D eigenvalue weighted by Crippen LogP contribution is -2.53. The number of carbonyl (C=O) groups is 2. The van der Waals surface area contributed by atoms with Crippen molar-refractivity contribution in [3.8, 4) is 0 Å². The molecule has 1 aliphatic carbocycles. The van der Waals surface area contributed by atoms with Gasteiger partial charge in [-0.15, -0.1) is 0 Å². The van der Waals surface area contributed by atoms with Gasteiger partial charge in [0.15, 0.2) is 0 Å². The molecule has 0 atom stereocenters. The Kier molecular flexibility index (Phi) is 5.03. The topological polar surface area (TPSA) is 40.6 Å². The quantitative estimate of drug-likeness (QED) is 0.708. The third kappa shape index (κ3) is 3.66. The molecule has 8 heteroatoms. The van der Waals surface area contributed by atoms with Crippen molar-refractivity contribution in [2.75, 3.05) is 26.2 Å². The summed E-state index contributed by atoms with van der Waals surface area (Å²) in [6, 6.07) is 10.6. The van der Waals surface area contributed by atoms with Gasteiger partial charge in [-0.3, -0.25) is 9.59 Å². The molecule has 2 fully saturated rings. The summed E-state index contributed by atoms with van der Waals surface area (Å²) in [5.74, 6) is -1.13. The molecule has 30 heavy (non-hydrogen) atoms. The summed E-state index contributed by atoms with van der Waals surface area (Å²) in [5.41, 5.74) is -1.22. The van der Waals surface area contributed by atoms with Crippen molar-refractivity contribution < 1.29 is 27.2 Å². The molecule has 0 radical (unpaired) electrons. The Morgan fingerprint density at radius 3 is 1.97 bits per heavy atom. The van der Waals surface area contributed by atoms with Crippen LogP contribution in [-0.2, 0) is 16.4 Å². The third-order valence-corrected chi connectivity index (χ3v) is 5.87. The SMILES string of the molecule is O=C(c1ccccc1C(F)(F)F)N1CCN(C(=O)C2(c3ccc(F)cc3)CC2)CC1. The first kappa shape index (κ1) is 20.4. The van der Waals surface area contributed by atoms with Gasteiger partial charge in [0.1, 0.15) is 5.82 Å². The summed E-state index contributed by atoms with van der Waals surface area (Å²) in [5, 5.41) is 0. The van der Waals surface area contributed by atoms with Crippen molar-refractivity contribution in [1.29, 1.82) is 0 Å². The Morgan fingerprint density at radius 2 is 1.40 bits per heavy atom. The van der Waals surface area contributed by atoms with Crippen LogP contribution in [0.3, 0.4) is 0 Å². The van der Waals surface area contributed by atoms with Crippen LogP contribution in [0.2, 0.25) is 0 Å². The highest BCUT2D eigenvalue weighted by atomic mass is 19.4. The van der Waals surface area contributed by atoms with Crippen molar-refractivity contribution in [2.24, 2.45) is 0 Å². The first-order valence-electron chi connectivity index (χ1n) is 9.73. The molecule has 2 aromatic carbocycles. The number of hydrogen-bond acceptors (Lipinski definition) is 2. The maximum atomic E-state index is 13.2. The molecule has 1 saturated carbocycles. The number of benzene rings is 2. The first-order valence-corrected chi connectivity index (χ1v) is 9.73. The minimum atomic E-state index is -4.61. The van der Waals surface area contributed by atoms with Gasteiger partial charge >= 0.3 is 6.18 Å². The molecule has 0 aromatic heterocycles. The van der Waals surface area contributed by atoms with Crippen LogP contribution in [0.5, 0.6) is 0 Å². The van der Waals surface area contributed by atoms with Crippen LogP contribution in [0, 0.1) is 5.82 Å². The predicted octanol–water partition coefficient (Wildman–Crippen LogP) is 3.86. The van der Waals surface area contributed by atoms with Gasteiger partial charge in [-0.1, -0.05) is 24.3 Å². The Labute approximate surface area is 171 Å². The van der Waals surface area contributed by atoms with Crippen LogP contribution in [0.4, 0.5) is 17.6 Å². The smallest absolute Gasteiger partial charge is 0.338 e. The second-order valence-electron chi connectivity index (χ2n) is 7.72. The van der Waals surface area contributed by atoms with Crippen LogP contribution in [0.25, 0.3) is 0 Å². The Hall–Kier alpha value is -2.90. The van der Waals surface area contributed by atoms with E-state index in [0.717, 1.165) is 11.6 Å². The van der Waals surface area contributed by atoms with Gasteiger partial charge in [-0.25, -0.2) is 4.39 Å². The molecule has 2 aliphatic rings. The molecule has 1 saturated heterocycles. The van der Waals surface area contributed by atoms with E-state index in [1.807, 2.05) is 0 Å². The number of halogens is 4. The summed E-state index contributed by atoms with van der Waals surface area (Å²) >= 11 is 0. The van der Waals surface area contributed by atoms with Crippen molar-refractivity contribution in [1.82, 2.24) is 9.80 Å². The summed E-state index contributed by atoms with van der Waals surface area (Å²) in [4.78, 5) is 28.8. The number of hydrogen-bond donors (Lipinski definition) is 0. The van der Waals surface area contributed by atoms with E-state index in [-0.39, 0.29) is 43.5 Å². The summed E-state index contributed by atoms with van der Waals surface area (Å²) in [7, 11) is 0. The van der Waals surface area contributed by atoms with E-state index in [1.165, 1.54) is 35.2 Å². The number of rotatable bonds is 3. The number of amides is 2. The maximum Gasteiger partial charge on any atom is 0.417 e. The lowest BCUT2D eigenvalue weighted by molar-refractivity contribution is -0.138. The van der Waals surface area contributed by atoms with Gasteiger partial charge in [0.2, 0.25) is 5.91 Å². The minimum absolute atomic E-state index is 0.0723. The molecule has 4 rings (SSSR count). The van der Waals surface area contributed by atoms with Crippen LogP contribution in [0.1, 0.15) is 34.3 Å². The highest BCUT2D eigenvalue weighted by molar-refractivity contribution is 5.96. The number of alkyl halides is 3. The molecule has 0 unspecified atom stereocenters. The fourth-order valence-electron chi connectivity index (χ4n) is 4.02. The third-order valence-electron chi connectivity index (χ3n) is 5.87. The zero-order chi connectivity index (χ0) is 21.5. The van der Waals surface area contributed by atoms with E-state index in [1.54, 1.807) is 17.0 Å². The average Bonchev–Trinajstić information content (AvgIpc) is 3.55. The van der Waals surface area contributed by atoms with Gasteiger partial charge in [-0.2, -0.15) is 13.2 Å². The van der Waals surface area contributed by atoms with Crippen LogP contribution >= 0.6 is 0 Å². The maximum absolute atomic E-state index is 13.2. The summed E-state index contributed by atoms with van der Waals surface area (Å²) in [6.45, 7) is 0.829. The molecular formula is C22H20F4N2O2. The van der Waals surface area contributed by atoms with E-state index in [2.05, 4.69) is 0 Å². The molecule has 0 bridgehead atoms. The molecule has 158 valence electrons. The molecule has 2 amide bonds. The molecule has 2 aromatic rings. The standard InChI is InChI=1S/C22H20F4N2O2/c23-16-7-5-15(6-8-16)21(9-10-21)20(30)28-13-11-27(12-14-28)19(29)17-3-1-2-4-18(17)22(24,25)26/h1-8H,9-14H2. The van der Waals surface area contributed by atoms with Gasteiger partial charge in [0, 0.05) is 26.2 Å². The molecule has 0 N–H and O–H groups in total. The largest absolute Gasteiger partial charge is 0.417 e. The van der Waals surface area contributed by atoms with E-state index < -0.39 is 23.1 Å².